The molecule has 0 fully saturated rings. The molecule has 3 aromatic carbocycles. The summed E-state index contributed by atoms with van der Waals surface area (Å²) in [5.74, 6) is 1.59. The third-order valence-corrected chi connectivity index (χ3v) is 4.68. The third-order valence-electron chi connectivity index (χ3n) is 4.44. The van der Waals surface area contributed by atoms with Crippen molar-refractivity contribution in [2.45, 2.75) is 32.8 Å². The van der Waals surface area contributed by atoms with E-state index in [2.05, 4.69) is 12.2 Å². The number of rotatable bonds is 8. The number of nitrogens with one attached hydrogen (secondary N) is 1. The number of para-hydroxylation sites is 1. The Kier molecular flexibility index (Phi) is 7.14. The summed E-state index contributed by atoms with van der Waals surface area (Å²) in [6.07, 6.45) is 0.847. The van der Waals surface area contributed by atoms with Crippen LogP contribution in [0.5, 0.6) is 17.2 Å². The Hall–Kier alpha value is -2.98. The second-order valence-electron chi connectivity index (χ2n) is 6.56. The molecule has 3 rings (SSSR count). The first-order valence-corrected chi connectivity index (χ1v) is 10.1. The summed E-state index contributed by atoms with van der Waals surface area (Å²) in [4.78, 5) is 12.9. The van der Waals surface area contributed by atoms with Crippen molar-refractivity contribution in [1.82, 2.24) is 0 Å². The van der Waals surface area contributed by atoms with E-state index in [0.717, 1.165) is 6.42 Å². The van der Waals surface area contributed by atoms with Gasteiger partial charge in [-0.3, -0.25) is 4.79 Å². The maximum absolute atomic E-state index is 12.9. The topological polar surface area (TPSA) is 47.6 Å². The number of carbonyl (C=O) groups is 1. The van der Waals surface area contributed by atoms with E-state index in [9.17, 15) is 4.79 Å². The van der Waals surface area contributed by atoms with Crippen LogP contribution in [0.4, 0.5) is 5.69 Å². The normalized spacial score (nSPS) is 11.6. The van der Waals surface area contributed by atoms with Gasteiger partial charge in [0.05, 0.1) is 5.69 Å². The third kappa shape index (κ3) is 5.75. The summed E-state index contributed by atoms with van der Waals surface area (Å²) in [7, 11) is 0. The minimum atomic E-state index is -0.633. The fourth-order valence-corrected chi connectivity index (χ4v) is 2.98. The lowest BCUT2D eigenvalue weighted by Crippen LogP contribution is -2.32. The second-order valence-corrected chi connectivity index (χ2v) is 6.99. The summed E-state index contributed by atoms with van der Waals surface area (Å²) in [5.41, 5.74) is 1.71. The van der Waals surface area contributed by atoms with Gasteiger partial charge in [-0.1, -0.05) is 55.8 Å². The number of amides is 1. The van der Waals surface area contributed by atoms with Crippen molar-refractivity contribution in [3.05, 3.63) is 83.4 Å². The molecule has 0 aromatic heterocycles. The van der Waals surface area contributed by atoms with Gasteiger partial charge in [0.1, 0.15) is 11.5 Å². The number of anilines is 1. The molecule has 1 atom stereocenters. The standard InChI is InChI=1S/C24H24ClNO3/c1-3-17-10-13-20(14-11-17)28-22(4-2)24(27)26-21-16-18(25)12-15-23(21)29-19-8-6-5-7-9-19/h5-16,22H,3-4H2,1-2H3,(H,26,27)/t22-/m0/s1. The molecule has 0 bridgehead atoms. The molecule has 0 aliphatic rings. The van der Waals surface area contributed by atoms with Crippen molar-refractivity contribution >= 4 is 23.2 Å². The van der Waals surface area contributed by atoms with E-state index in [4.69, 9.17) is 21.1 Å². The van der Waals surface area contributed by atoms with Crippen LogP contribution in [0.1, 0.15) is 25.8 Å². The maximum Gasteiger partial charge on any atom is 0.265 e. The summed E-state index contributed by atoms with van der Waals surface area (Å²) in [6, 6.07) is 22.3. The lowest BCUT2D eigenvalue weighted by molar-refractivity contribution is -0.122. The van der Waals surface area contributed by atoms with Crippen LogP contribution in [0, 0.1) is 0 Å². The van der Waals surface area contributed by atoms with Crippen molar-refractivity contribution in [3.63, 3.8) is 0 Å². The molecule has 0 saturated heterocycles. The van der Waals surface area contributed by atoms with Gasteiger partial charge in [0.25, 0.3) is 5.91 Å². The van der Waals surface area contributed by atoms with E-state index in [0.29, 0.717) is 34.4 Å². The highest BCUT2D eigenvalue weighted by Crippen LogP contribution is 2.32. The van der Waals surface area contributed by atoms with Crippen LogP contribution in [-0.4, -0.2) is 12.0 Å². The number of hydrogen-bond acceptors (Lipinski definition) is 3. The largest absolute Gasteiger partial charge is 0.481 e. The molecule has 150 valence electrons. The maximum atomic E-state index is 12.9. The SMILES string of the molecule is CCc1ccc(O[C@@H](CC)C(=O)Nc2cc(Cl)ccc2Oc2ccccc2)cc1. The van der Waals surface area contributed by atoms with E-state index in [1.807, 2.05) is 61.5 Å². The van der Waals surface area contributed by atoms with Crippen LogP contribution in [0.3, 0.4) is 0 Å². The quantitative estimate of drug-likeness (QED) is 0.462. The smallest absolute Gasteiger partial charge is 0.265 e. The molecular weight excluding hydrogens is 386 g/mol. The van der Waals surface area contributed by atoms with E-state index in [1.54, 1.807) is 18.2 Å². The van der Waals surface area contributed by atoms with E-state index in [1.165, 1.54) is 5.56 Å². The Morgan fingerprint density at radius 2 is 1.69 bits per heavy atom. The Bertz CT molecular complexity index is 942. The van der Waals surface area contributed by atoms with Crippen LogP contribution in [-0.2, 0) is 11.2 Å². The summed E-state index contributed by atoms with van der Waals surface area (Å²) >= 11 is 6.14. The molecule has 4 nitrogen and oxygen atoms in total. The second kappa shape index (κ2) is 9.99. The first kappa shape index (κ1) is 20.7. The minimum absolute atomic E-state index is 0.257. The van der Waals surface area contributed by atoms with Crippen LogP contribution >= 0.6 is 11.6 Å². The Morgan fingerprint density at radius 1 is 0.966 bits per heavy atom. The van der Waals surface area contributed by atoms with E-state index in [-0.39, 0.29) is 5.91 Å². The van der Waals surface area contributed by atoms with Crippen molar-refractivity contribution in [2.75, 3.05) is 5.32 Å². The zero-order valence-corrected chi connectivity index (χ0v) is 17.3. The zero-order chi connectivity index (χ0) is 20.6. The van der Waals surface area contributed by atoms with Crippen molar-refractivity contribution < 1.29 is 14.3 Å². The molecule has 0 spiro atoms. The molecule has 0 saturated carbocycles. The highest BCUT2D eigenvalue weighted by molar-refractivity contribution is 6.31. The van der Waals surface area contributed by atoms with Crippen LogP contribution in [0.25, 0.3) is 0 Å². The number of aryl methyl sites for hydroxylation is 1. The van der Waals surface area contributed by atoms with Crippen molar-refractivity contribution in [3.8, 4) is 17.2 Å². The molecule has 3 aromatic rings. The van der Waals surface area contributed by atoms with Crippen LogP contribution in [0.2, 0.25) is 5.02 Å². The Labute approximate surface area is 176 Å². The molecule has 0 aliphatic carbocycles. The van der Waals surface area contributed by atoms with Crippen LogP contribution < -0.4 is 14.8 Å². The molecule has 5 heteroatoms. The lowest BCUT2D eigenvalue weighted by Gasteiger charge is -2.19. The van der Waals surface area contributed by atoms with Crippen molar-refractivity contribution in [2.24, 2.45) is 0 Å². The highest BCUT2D eigenvalue weighted by atomic mass is 35.5. The average molecular weight is 410 g/mol. The monoisotopic (exact) mass is 409 g/mol. The summed E-state index contributed by atoms with van der Waals surface area (Å²) in [5, 5.41) is 3.40. The van der Waals surface area contributed by atoms with Gasteiger partial charge >= 0.3 is 0 Å². The van der Waals surface area contributed by atoms with Crippen molar-refractivity contribution in [1.29, 1.82) is 0 Å². The number of ether oxygens (including phenoxy) is 2. The molecule has 0 radical (unpaired) electrons. The van der Waals surface area contributed by atoms with Crippen LogP contribution in [0.15, 0.2) is 72.8 Å². The molecular formula is C24H24ClNO3. The first-order chi connectivity index (χ1) is 14.1. The van der Waals surface area contributed by atoms with Gasteiger partial charge in [-0.25, -0.2) is 0 Å². The van der Waals surface area contributed by atoms with Gasteiger partial charge in [-0.15, -0.1) is 0 Å². The minimum Gasteiger partial charge on any atom is -0.481 e. The van der Waals surface area contributed by atoms with Gasteiger partial charge in [0.15, 0.2) is 11.9 Å². The predicted octanol–water partition coefficient (Wildman–Crippen LogP) is 6.49. The predicted molar refractivity (Wildman–Crippen MR) is 117 cm³/mol. The average Bonchev–Trinajstić information content (AvgIpc) is 2.75. The lowest BCUT2D eigenvalue weighted by atomic mass is 10.1. The summed E-state index contributed by atoms with van der Waals surface area (Å²) in [6.45, 7) is 4.00. The highest BCUT2D eigenvalue weighted by Gasteiger charge is 2.20. The molecule has 1 N–H and O–H groups in total. The number of halogens is 1. The molecule has 0 aliphatic heterocycles. The van der Waals surface area contributed by atoms with Gasteiger partial charge < -0.3 is 14.8 Å². The zero-order valence-electron chi connectivity index (χ0n) is 16.5. The van der Waals surface area contributed by atoms with Gasteiger partial charge in [-0.2, -0.15) is 0 Å². The molecule has 29 heavy (non-hydrogen) atoms. The van der Waals surface area contributed by atoms with Gasteiger partial charge in [0, 0.05) is 5.02 Å². The van der Waals surface area contributed by atoms with E-state index >= 15 is 0 Å². The first-order valence-electron chi connectivity index (χ1n) is 9.68. The van der Waals surface area contributed by atoms with E-state index < -0.39 is 6.10 Å². The Balaban J connectivity index is 1.74. The molecule has 0 unspecified atom stereocenters. The number of hydrogen-bond donors (Lipinski definition) is 1. The summed E-state index contributed by atoms with van der Waals surface area (Å²) < 4.78 is 11.8. The fourth-order valence-electron chi connectivity index (χ4n) is 2.81. The number of benzene rings is 3. The number of carbonyl (C=O) groups excluding carboxylic acids is 1. The van der Waals surface area contributed by atoms with Gasteiger partial charge in [-0.05, 0) is 60.9 Å². The Morgan fingerprint density at radius 3 is 2.34 bits per heavy atom. The molecule has 1 amide bonds. The van der Waals surface area contributed by atoms with Gasteiger partial charge in [0.2, 0.25) is 0 Å². The fraction of sp³-hybridized carbons (Fsp3) is 0.208. The molecule has 0 heterocycles.